The van der Waals surface area contributed by atoms with Gasteiger partial charge in [-0.2, -0.15) is 0 Å². The highest BCUT2D eigenvalue weighted by molar-refractivity contribution is 5.50. The molecule has 1 atom stereocenters. The zero-order valence-electron chi connectivity index (χ0n) is 10.8. The molecular formula is C14H17N5. The molecule has 0 radical (unpaired) electrons. The molecule has 5 heteroatoms. The van der Waals surface area contributed by atoms with Gasteiger partial charge in [0.1, 0.15) is 5.69 Å². The second-order valence-electron chi connectivity index (χ2n) is 5.51. The lowest BCUT2D eigenvalue weighted by atomic mass is 9.93. The number of aryl methyl sites for hydroxylation is 1. The molecule has 2 N–H and O–H groups in total. The Bertz CT molecular complexity index is 614. The van der Waals surface area contributed by atoms with E-state index < -0.39 is 0 Å². The minimum absolute atomic E-state index is 0.103. The SMILES string of the molecule is NC1CCCc2nc(-c3cncn3C3CC3)ncc21. The molecule has 0 amide bonds. The van der Waals surface area contributed by atoms with E-state index in [4.69, 9.17) is 10.7 Å². The lowest BCUT2D eigenvalue weighted by Gasteiger charge is -2.21. The molecule has 2 aliphatic rings. The summed E-state index contributed by atoms with van der Waals surface area (Å²) < 4.78 is 2.20. The highest BCUT2D eigenvalue weighted by Crippen LogP contribution is 2.37. The minimum atomic E-state index is 0.103. The van der Waals surface area contributed by atoms with Gasteiger partial charge in [-0.25, -0.2) is 15.0 Å². The van der Waals surface area contributed by atoms with Crippen molar-refractivity contribution in [2.75, 3.05) is 0 Å². The molecule has 1 unspecified atom stereocenters. The predicted octanol–water partition coefficient (Wildman–Crippen LogP) is 2.01. The van der Waals surface area contributed by atoms with E-state index in [0.29, 0.717) is 6.04 Å². The molecule has 2 heterocycles. The van der Waals surface area contributed by atoms with E-state index in [1.54, 1.807) is 0 Å². The van der Waals surface area contributed by atoms with Crippen molar-refractivity contribution >= 4 is 0 Å². The number of aromatic nitrogens is 4. The van der Waals surface area contributed by atoms with Crippen LogP contribution in [0.15, 0.2) is 18.7 Å². The Morgan fingerprint density at radius 1 is 1.21 bits per heavy atom. The van der Waals surface area contributed by atoms with Gasteiger partial charge in [-0.3, -0.25) is 0 Å². The van der Waals surface area contributed by atoms with Crippen LogP contribution in [0.25, 0.3) is 11.5 Å². The van der Waals surface area contributed by atoms with Crippen LogP contribution < -0.4 is 5.73 Å². The number of hydrogen-bond donors (Lipinski definition) is 1. The number of nitrogens with zero attached hydrogens (tertiary/aromatic N) is 4. The van der Waals surface area contributed by atoms with Crippen LogP contribution in [0.5, 0.6) is 0 Å². The van der Waals surface area contributed by atoms with Crippen LogP contribution in [-0.4, -0.2) is 19.5 Å². The molecule has 2 aromatic rings. The molecule has 2 aliphatic carbocycles. The first-order valence-electron chi connectivity index (χ1n) is 6.96. The Morgan fingerprint density at radius 2 is 2.11 bits per heavy atom. The maximum atomic E-state index is 6.11. The van der Waals surface area contributed by atoms with Crippen LogP contribution in [0.1, 0.15) is 49.0 Å². The maximum Gasteiger partial charge on any atom is 0.178 e. The quantitative estimate of drug-likeness (QED) is 0.891. The second kappa shape index (κ2) is 4.13. The molecular weight excluding hydrogens is 238 g/mol. The average Bonchev–Trinajstić information content (AvgIpc) is 3.16. The smallest absolute Gasteiger partial charge is 0.178 e. The van der Waals surface area contributed by atoms with Gasteiger partial charge in [0.15, 0.2) is 5.82 Å². The number of rotatable bonds is 2. The summed E-state index contributed by atoms with van der Waals surface area (Å²) in [4.78, 5) is 13.5. The second-order valence-corrected chi connectivity index (χ2v) is 5.51. The van der Waals surface area contributed by atoms with E-state index in [2.05, 4.69) is 14.5 Å². The molecule has 0 aliphatic heterocycles. The van der Waals surface area contributed by atoms with Crippen LogP contribution in [0.2, 0.25) is 0 Å². The van der Waals surface area contributed by atoms with Gasteiger partial charge in [-0.15, -0.1) is 0 Å². The average molecular weight is 255 g/mol. The van der Waals surface area contributed by atoms with E-state index in [1.807, 2.05) is 18.7 Å². The Balaban J connectivity index is 1.77. The van der Waals surface area contributed by atoms with E-state index in [1.165, 1.54) is 12.8 Å². The van der Waals surface area contributed by atoms with Crippen molar-refractivity contribution in [3.8, 4) is 11.5 Å². The zero-order chi connectivity index (χ0) is 12.8. The number of fused-ring (bicyclic) bond motifs is 1. The van der Waals surface area contributed by atoms with Gasteiger partial charge in [0, 0.05) is 29.5 Å². The fourth-order valence-corrected chi connectivity index (χ4v) is 2.83. The Hall–Kier alpha value is -1.75. The van der Waals surface area contributed by atoms with Crippen molar-refractivity contribution in [3.05, 3.63) is 30.0 Å². The standard InChI is InChI=1S/C14H17N5/c15-11-2-1-3-12-10(11)6-17-14(18-12)13-7-16-8-19(13)9-4-5-9/h6-9,11H,1-5,15H2. The largest absolute Gasteiger partial charge is 0.325 e. The number of imidazole rings is 1. The first kappa shape index (κ1) is 11.1. The van der Waals surface area contributed by atoms with Crippen molar-refractivity contribution in [1.82, 2.24) is 19.5 Å². The summed E-state index contributed by atoms with van der Waals surface area (Å²) in [6, 6.07) is 0.700. The summed E-state index contributed by atoms with van der Waals surface area (Å²) in [7, 11) is 0. The van der Waals surface area contributed by atoms with Gasteiger partial charge in [0.25, 0.3) is 0 Å². The van der Waals surface area contributed by atoms with E-state index in [0.717, 1.165) is 42.0 Å². The highest BCUT2D eigenvalue weighted by atomic mass is 15.1. The van der Waals surface area contributed by atoms with Gasteiger partial charge in [-0.1, -0.05) is 0 Å². The van der Waals surface area contributed by atoms with E-state index >= 15 is 0 Å². The summed E-state index contributed by atoms with van der Waals surface area (Å²) in [6.45, 7) is 0. The summed E-state index contributed by atoms with van der Waals surface area (Å²) in [5, 5.41) is 0. The molecule has 98 valence electrons. The fourth-order valence-electron chi connectivity index (χ4n) is 2.83. The Kier molecular flexibility index (Phi) is 2.41. The van der Waals surface area contributed by atoms with Gasteiger partial charge in [0.2, 0.25) is 0 Å². The lowest BCUT2D eigenvalue weighted by molar-refractivity contribution is 0.556. The van der Waals surface area contributed by atoms with Crippen molar-refractivity contribution in [3.63, 3.8) is 0 Å². The maximum absolute atomic E-state index is 6.11. The molecule has 1 fully saturated rings. The first-order valence-corrected chi connectivity index (χ1v) is 6.96. The molecule has 0 saturated heterocycles. The summed E-state index contributed by atoms with van der Waals surface area (Å²) in [6.07, 6.45) is 11.3. The molecule has 4 rings (SSSR count). The van der Waals surface area contributed by atoms with Crippen molar-refractivity contribution in [2.24, 2.45) is 5.73 Å². The molecule has 2 aromatic heterocycles. The Labute approximate surface area is 111 Å². The fraction of sp³-hybridized carbons (Fsp3) is 0.500. The summed E-state index contributed by atoms with van der Waals surface area (Å²) in [5.74, 6) is 0.789. The summed E-state index contributed by atoms with van der Waals surface area (Å²) >= 11 is 0. The van der Waals surface area contributed by atoms with Crippen LogP contribution in [-0.2, 0) is 6.42 Å². The van der Waals surface area contributed by atoms with Gasteiger partial charge in [0.05, 0.1) is 12.5 Å². The van der Waals surface area contributed by atoms with Gasteiger partial charge in [-0.05, 0) is 32.1 Å². The highest BCUT2D eigenvalue weighted by Gasteiger charge is 2.27. The Morgan fingerprint density at radius 3 is 2.95 bits per heavy atom. The van der Waals surface area contributed by atoms with Crippen molar-refractivity contribution < 1.29 is 0 Å². The third-order valence-corrected chi connectivity index (χ3v) is 4.06. The molecule has 1 saturated carbocycles. The molecule has 19 heavy (non-hydrogen) atoms. The topological polar surface area (TPSA) is 69.6 Å². The molecule has 0 bridgehead atoms. The molecule has 5 nitrogen and oxygen atoms in total. The normalized spacial score (nSPS) is 22.3. The van der Waals surface area contributed by atoms with Crippen LogP contribution >= 0.6 is 0 Å². The van der Waals surface area contributed by atoms with Crippen LogP contribution in [0.4, 0.5) is 0 Å². The van der Waals surface area contributed by atoms with E-state index in [-0.39, 0.29) is 6.04 Å². The predicted molar refractivity (Wildman–Crippen MR) is 71.4 cm³/mol. The third-order valence-electron chi connectivity index (χ3n) is 4.06. The third kappa shape index (κ3) is 1.85. The summed E-state index contributed by atoms with van der Waals surface area (Å²) in [5.41, 5.74) is 9.37. The number of hydrogen-bond acceptors (Lipinski definition) is 4. The number of nitrogens with two attached hydrogens (primary N) is 1. The van der Waals surface area contributed by atoms with Gasteiger partial charge < -0.3 is 10.3 Å². The molecule has 0 aromatic carbocycles. The first-order chi connectivity index (χ1) is 9.33. The lowest BCUT2D eigenvalue weighted by Crippen LogP contribution is -2.19. The van der Waals surface area contributed by atoms with Crippen molar-refractivity contribution in [2.45, 2.75) is 44.2 Å². The van der Waals surface area contributed by atoms with Crippen molar-refractivity contribution in [1.29, 1.82) is 0 Å². The van der Waals surface area contributed by atoms with E-state index in [9.17, 15) is 0 Å². The molecule has 0 spiro atoms. The van der Waals surface area contributed by atoms with Gasteiger partial charge >= 0.3 is 0 Å². The zero-order valence-corrected chi connectivity index (χ0v) is 10.8. The minimum Gasteiger partial charge on any atom is -0.325 e. The van der Waals surface area contributed by atoms with Crippen LogP contribution in [0.3, 0.4) is 0 Å². The van der Waals surface area contributed by atoms with Crippen LogP contribution in [0, 0.1) is 0 Å². The monoisotopic (exact) mass is 255 g/mol.